The molecular weight excluding hydrogens is 289 g/mol. The zero-order chi connectivity index (χ0) is 15.7. The number of carbonyl (C=O) groups excluding carboxylic acids is 1. The Bertz CT molecular complexity index is 538. The van der Waals surface area contributed by atoms with Crippen molar-refractivity contribution >= 4 is 5.78 Å². The summed E-state index contributed by atoms with van der Waals surface area (Å²) < 4.78 is 49.8. The molecule has 0 fully saturated rings. The Balaban J connectivity index is 1.99. The SMILES string of the molecule is CC1(C)CC(=O)c2ccc(OCCOC(F)(F)F)cc2O1. The molecule has 0 spiro atoms. The first-order valence-corrected chi connectivity index (χ1v) is 6.36. The first kappa shape index (κ1) is 15.6. The lowest BCUT2D eigenvalue weighted by Gasteiger charge is -2.31. The highest BCUT2D eigenvalue weighted by molar-refractivity contribution is 6.00. The average Bonchev–Trinajstić information content (AvgIpc) is 2.31. The molecule has 1 aliphatic rings. The Labute approximate surface area is 119 Å². The maximum atomic E-state index is 11.9. The van der Waals surface area contributed by atoms with Crippen LogP contribution in [0.2, 0.25) is 0 Å². The minimum absolute atomic E-state index is 0.0341. The third-order valence-electron chi connectivity index (χ3n) is 2.84. The van der Waals surface area contributed by atoms with Gasteiger partial charge in [-0.3, -0.25) is 9.53 Å². The quantitative estimate of drug-likeness (QED) is 0.800. The third-order valence-corrected chi connectivity index (χ3v) is 2.84. The van der Waals surface area contributed by atoms with Gasteiger partial charge in [0.2, 0.25) is 0 Å². The van der Waals surface area contributed by atoms with E-state index in [2.05, 4.69) is 4.74 Å². The van der Waals surface area contributed by atoms with Gasteiger partial charge in [0.05, 0.1) is 18.6 Å². The van der Waals surface area contributed by atoms with Gasteiger partial charge in [0.25, 0.3) is 0 Å². The van der Waals surface area contributed by atoms with Crippen molar-refractivity contribution in [1.29, 1.82) is 0 Å². The van der Waals surface area contributed by atoms with Crippen molar-refractivity contribution in [2.24, 2.45) is 0 Å². The van der Waals surface area contributed by atoms with E-state index in [-0.39, 0.29) is 18.8 Å². The summed E-state index contributed by atoms with van der Waals surface area (Å²) in [5.74, 6) is 0.670. The number of hydrogen-bond acceptors (Lipinski definition) is 4. The van der Waals surface area contributed by atoms with Crippen molar-refractivity contribution in [2.75, 3.05) is 13.2 Å². The minimum Gasteiger partial charge on any atom is -0.491 e. The van der Waals surface area contributed by atoms with E-state index in [9.17, 15) is 18.0 Å². The van der Waals surface area contributed by atoms with Gasteiger partial charge in [-0.05, 0) is 26.0 Å². The van der Waals surface area contributed by atoms with E-state index in [1.165, 1.54) is 12.1 Å². The van der Waals surface area contributed by atoms with Crippen LogP contribution >= 0.6 is 0 Å². The summed E-state index contributed by atoms with van der Waals surface area (Å²) in [5.41, 5.74) is -0.157. The van der Waals surface area contributed by atoms with Gasteiger partial charge >= 0.3 is 6.36 Å². The number of hydrogen-bond donors (Lipinski definition) is 0. The standard InChI is InChI=1S/C14H15F3O4/c1-13(2)8-11(18)10-4-3-9(7-12(10)21-13)19-5-6-20-14(15,16)17/h3-4,7H,5-6,8H2,1-2H3. The molecule has 0 unspecified atom stereocenters. The van der Waals surface area contributed by atoms with Gasteiger partial charge in [-0.2, -0.15) is 0 Å². The fraction of sp³-hybridized carbons (Fsp3) is 0.500. The summed E-state index contributed by atoms with van der Waals surface area (Å²) >= 11 is 0. The second kappa shape index (κ2) is 5.55. The molecule has 0 atom stereocenters. The van der Waals surface area contributed by atoms with Crippen LogP contribution in [0.15, 0.2) is 18.2 Å². The van der Waals surface area contributed by atoms with Gasteiger partial charge < -0.3 is 9.47 Å². The van der Waals surface area contributed by atoms with Crippen molar-refractivity contribution in [3.63, 3.8) is 0 Å². The van der Waals surface area contributed by atoms with Gasteiger partial charge in [0, 0.05) is 6.07 Å². The number of ether oxygens (including phenoxy) is 3. The Morgan fingerprint density at radius 3 is 2.67 bits per heavy atom. The average molecular weight is 304 g/mol. The fourth-order valence-corrected chi connectivity index (χ4v) is 2.04. The molecule has 1 aromatic rings. The lowest BCUT2D eigenvalue weighted by molar-refractivity contribution is -0.325. The van der Waals surface area contributed by atoms with E-state index in [4.69, 9.17) is 9.47 Å². The molecule has 1 aliphatic heterocycles. The van der Waals surface area contributed by atoms with Crippen molar-refractivity contribution in [3.8, 4) is 11.5 Å². The Morgan fingerprint density at radius 2 is 2.00 bits per heavy atom. The number of alkyl halides is 3. The van der Waals surface area contributed by atoms with E-state index in [1.54, 1.807) is 19.9 Å². The molecule has 0 amide bonds. The first-order valence-electron chi connectivity index (χ1n) is 6.36. The Kier molecular flexibility index (Phi) is 4.13. The Hall–Kier alpha value is -1.76. The summed E-state index contributed by atoms with van der Waals surface area (Å²) in [4.78, 5) is 11.9. The van der Waals surface area contributed by atoms with Crippen molar-refractivity contribution in [2.45, 2.75) is 32.2 Å². The van der Waals surface area contributed by atoms with Gasteiger partial charge in [0.15, 0.2) is 5.78 Å². The second-order valence-electron chi connectivity index (χ2n) is 5.26. The van der Waals surface area contributed by atoms with Crippen LogP contribution in [0.1, 0.15) is 30.6 Å². The maximum absolute atomic E-state index is 11.9. The minimum atomic E-state index is -4.67. The molecule has 2 rings (SSSR count). The van der Waals surface area contributed by atoms with Crippen LogP contribution in [0.5, 0.6) is 11.5 Å². The number of carbonyl (C=O) groups is 1. The van der Waals surface area contributed by atoms with Crippen LogP contribution in [0.3, 0.4) is 0 Å². The molecule has 1 heterocycles. The van der Waals surface area contributed by atoms with Crippen LogP contribution in [0, 0.1) is 0 Å². The van der Waals surface area contributed by atoms with Crippen molar-refractivity contribution in [3.05, 3.63) is 23.8 Å². The van der Waals surface area contributed by atoms with Crippen molar-refractivity contribution < 1.29 is 32.2 Å². The second-order valence-corrected chi connectivity index (χ2v) is 5.26. The predicted octanol–water partition coefficient (Wildman–Crippen LogP) is 3.35. The van der Waals surface area contributed by atoms with E-state index < -0.39 is 18.6 Å². The summed E-state index contributed by atoms with van der Waals surface area (Å²) in [6.07, 6.45) is -4.39. The number of halogens is 3. The lowest BCUT2D eigenvalue weighted by Crippen LogP contribution is -2.35. The highest BCUT2D eigenvalue weighted by Gasteiger charge is 2.32. The van der Waals surface area contributed by atoms with Crippen LogP contribution in [0.25, 0.3) is 0 Å². The molecule has 0 N–H and O–H groups in total. The molecule has 21 heavy (non-hydrogen) atoms. The summed E-state index contributed by atoms with van der Waals surface area (Å²) in [7, 11) is 0. The zero-order valence-electron chi connectivity index (χ0n) is 11.6. The van der Waals surface area contributed by atoms with Gasteiger partial charge in [-0.15, -0.1) is 13.2 Å². The number of benzene rings is 1. The lowest BCUT2D eigenvalue weighted by atomic mass is 9.93. The molecule has 0 saturated heterocycles. The fourth-order valence-electron chi connectivity index (χ4n) is 2.04. The summed E-state index contributed by atoms with van der Waals surface area (Å²) in [6, 6.07) is 4.57. The number of fused-ring (bicyclic) bond motifs is 1. The maximum Gasteiger partial charge on any atom is 0.522 e. The van der Waals surface area contributed by atoms with E-state index >= 15 is 0 Å². The number of Topliss-reactive ketones (excluding diaryl/α,β-unsaturated/α-hetero) is 1. The summed E-state index contributed by atoms with van der Waals surface area (Å²) in [6.45, 7) is 2.72. The molecular formula is C14H15F3O4. The normalized spacial score (nSPS) is 17.1. The van der Waals surface area contributed by atoms with Crippen LogP contribution in [0.4, 0.5) is 13.2 Å². The number of rotatable bonds is 4. The zero-order valence-corrected chi connectivity index (χ0v) is 11.6. The first-order chi connectivity index (χ1) is 9.66. The topological polar surface area (TPSA) is 44.8 Å². The molecule has 7 heteroatoms. The van der Waals surface area contributed by atoms with E-state index in [0.29, 0.717) is 17.1 Å². The highest BCUT2D eigenvalue weighted by atomic mass is 19.4. The Morgan fingerprint density at radius 1 is 1.29 bits per heavy atom. The molecule has 0 aliphatic carbocycles. The van der Waals surface area contributed by atoms with Gasteiger partial charge in [-0.25, -0.2) is 0 Å². The molecule has 0 saturated carbocycles. The van der Waals surface area contributed by atoms with Crippen LogP contribution < -0.4 is 9.47 Å². The van der Waals surface area contributed by atoms with Crippen LogP contribution in [-0.2, 0) is 4.74 Å². The number of ketones is 1. The third kappa shape index (κ3) is 4.35. The molecule has 0 bridgehead atoms. The highest BCUT2D eigenvalue weighted by Crippen LogP contribution is 2.35. The molecule has 0 aromatic heterocycles. The van der Waals surface area contributed by atoms with Crippen LogP contribution in [-0.4, -0.2) is 31.0 Å². The van der Waals surface area contributed by atoms with Gasteiger partial charge in [-0.1, -0.05) is 0 Å². The van der Waals surface area contributed by atoms with Crippen molar-refractivity contribution in [1.82, 2.24) is 0 Å². The van der Waals surface area contributed by atoms with E-state index in [0.717, 1.165) is 0 Å². The molecule has 0 radical (unpaired) electrons. The molecule has 1 aromatic carbocycles. The largest absolute Gasteiger partial charge is 0.522 e. The van der Waals surface area contributed by atoms with E-state index in [1.807, 2.05) is 0 Å². The summed E-state index contributed by atoms with van der Waals surface area (Å²) in [5, 5.41) is 0. The molecule has 116 valence electrons. The predicted molar refractivity (Wildman–Crippen MR) is 67.6 cm³/mol. The van der Waals surface area contributed by atoms with Gasteiger partial charge in [0.1, 0.15) is 23.7 Å². The monoisotopic (exact) mass is 304 g/mol. The smallest absolute Gasteiger partial charge is 0.491 e. The molecule has 4 nitrogen and oxygen atoms in total.